The molecule has 1 aliphatic rings. The molecule has 0 bridgehead atoms. The summed E-state index contributed by atoms with van der Waals surface area (Å²) < 4.78 is 22.2. The van der Waals surface area contributed by atoms with Gasteiger partial charge in [-0.1, -0.05) is 35.0 Å². The van der Waals surface area contributed by atoms with Crippen LogP contribution in [0.3, 0.4) is 0 Å². The van der Waals surface area contributed by atoms with Crippen molar-refractivity contribution in [3.05, 3.63) is 75.6 Å². The average Bonchev–Trinajstić information content (AvgIpc) is 3.21. The molecular weight excluding hydrogens is 525 g/mol. The van der Waals surface area contributed by atoms with Crippen LogP contribution in [-0.2, 0) is 11.3 Å². The van der Waals surface area contributed by atoms with Gasteiger partial charge in [0.1, 0.15) is 11.6 Å². The van der Waals surface area contributed by atoms with E-state index in [4.69, 9.17) is 9.84 Å². The maximum Gasteiger partial charge on any atom is 0.254 e. The van der Waals surface area contributed by atoms with Crippen LogP contribution in [0.5, 0.6) is 0 Å². The zero-order valence-corrected chi connectivity index (χ0v) is 22.7. The molecule has 4 rings (SSSR count). The first-order valence-corrected chi connectivity index (χ1v) is 13.1. The van der Waals surface area contributed by atoms with E-state index < -0.39 is 0 Å². The number of hydrogen-bond donors (Lipinski definition) is 0. The van der Waals surface area contributed by atoms with Gasteiger partial charge in [0.05, 0.1) is 24.5 Å². The highest BCUT2D eigenvalue weighted by atomic mass is 79.9. The number of benzene rings is 2. The monoisotopic (exact) mass is 557 g/mol. The maximum absolute atomic E-state index is 14.2. The quantitative estimate of drug-likeness (QED) is 0.387. The summed E-state index contributed by atoms with van der Waals surface area (Å²) in [5.41, 5.74) is 3.05. The molecule has 1 amide bonds. The third kappa shape index (κ3) is 5.96. The maximum atomic E-state index is 14.2. The summed E-state index contributed by atoms with van der Waals surface area (Å²) in [6.07, 6.45) is 0. The lowest BCUT2D eigenvalue weighted by Crippen LogP contribution is -2.47. The number of amides is 1. The smallest absolute Gasteiger partial charge is 0.254 e. The fraction of sp³-hybridized carbons (Fsp3) is 0.407. The number of hydrogen-bond acceptors (Lipinski definition) is 5. The third-order valence-electron chi connectivity index (χ3n) is 6.60. The summed E-state index contributed by atoms with van der Waals surface area (Å²) in [7, 11) is 1.63. The van der Waals surface area contributed by atoms with Crippen LogP contribution < -0.4 is 4.90 Å². The Balaban J connectivity index is 1.74. The zero-order chi connectivity index (χ0) is 25.7. The van der Waals surface area contributed by atoms with Gasteiger partial charge in [-0.3, -0.25) is 4.79 Å². The summed E-state index contributed by atoms with van der Waals surface area (Å²) in [6.45, 7) is 9.91. The Bertz CT molecular complexity index is 1190. The number of carbonyl (C=O) groups is 1. The van der Waals surface area contributed by atoms with E-state index in [0.717, 1.165) is 54.3 Å². The Hall–Kier alpha value is -2.75. The van der Waals surface area contributed by atoms with Crippen molar-refractivity contribution >= 4 is 27.7 Å². The predicted molar refractivity (Wildman–Crippen MR) is 143 cm³/mol. The van der Waals surface area contributed by atoms with E-state index in [-0.39, 0.29) is 11.7 Å². The molecule has 1 saturated heterocycles. The third-order valence-corrected chi connectivity index (χ3v) is 7.10. The number of aryl methyl sites for hydroxylation is 1. The molecule has 9 heteroatoms. The second kappa shape index (κ2) is 12.0. The Morgan fingerprint density at radius 2 is 1.89 bits per heavy atom. The number of likely N-dealkylation sites (N-methyl/N-ethyl adjacent to an activating group) is 1. The standard InChI is InChI=1S/C27H33BrFN5O2/c1-4-31-11-13-32(14-12-31)26-25(20(2)30-34(26)24-10-6-9-23(29)18-24)19-33(15-16-36-3)27(35)21-7-5-8-22(28)17-21/h5-10,17-18H,4,11-16,19H2,1-3H3. The van der Waals surface area contributed by atoms with E-state index in [1.165, 1.54) is 12.1 Å². The van der Waals surface area contributed by atoms with Crippen molar-refractivity contribution in [2.75, 3.05) is 57.9 Å². The Morgan fingerprint density at radius 3 is 2.56 bits per heavy atom. The molecule has 1 fully saturated rings. The van der Waals surface area contributed by atoms with Crippen LogP contribution in [0.1, 0.15) is 28.5 Å². The molecule has 0 radical (unpaired) electrons. The highest BCUT2D eigenvalue weighted by molar-refractivity contribution is 9.10. The minimum absolute atomic E-state index is 0.0759. The minimum Gasteiger partial charge on any atom is -0.383 e. The molecule has 0 spiro atoms. The van der Waals surface area contributed by atoms with Gasteiger partial charge in [-0.2, -0.15) is 5.10 Å². The van der Waals surface area contributed by atoms with E-state index in [2.05, 4.69) is 32.7 Å². The molecule has 0 atom stereocenters. The van der Waals surface area contributed by atoms with Crippen LogP contribution in [0, 0.1) is 12.7 Å². The summed E-state index contributed by atoms with van der Waals surface area (Å²) >= 11 is 3.47. The molecule has 0 unspecified atom stereocenters. The van der Waals surface area contributed by atoms with Crippen LogP contribution in [-0.4, -0.2) is 78.5 Å². The number of methoxy groups -OCH3 is 1. The number of aromatic nitrogens is 2. The summed E-state index contributed by atoms with van der Waals surface area (Å²) in [5, 5.41) is 4.83. The second-order valence-corrected chi connectivity index (χ2v) is 9.85. The average molecular weight is 558 g/mol. The molecule has 0 aliphatic carbocycles. The topological polar surface area (TPSA) is 53.8 Å². The van der Waals surface area contributed by atoms with Crippen LogP contribution in [0.4, 0.5) is 10.2 Å². The van der Waals surface area contributed by atoms with Gasteiger partial charge in [0.15, 0.2) is 0 Å². The number of nitrogens with zero attached hydrogens (tertiary/aromatic N) is 5. The lowest BCUT2D eigenvalue weighted by Gasteiger charge is -2.36. The largest absolute Gasteiger partial charge is 0.383 e. The molecule has 0 N–H and O–H groups in total. The molecule has 1 aliphatic heterocycles. The Kier molecular flexibility index (Phi) is 8.77. The van der Waals surface area contributed by atoms with Crippen molar-refractivity contribution in [3.63, 3.8) is 0 Å². The lowest BCUT2D eigenvalue weighted by atomic mass is 10.1. The summed E-state index contributed by atoms with van der Waals surface area (Å²) in [4.78, 5) is 20.1. The molecule has 0 saturated carbocycles. The van der Waals surface area contributed by atoms with Crippen LogP contribution in [0.15, 0.2) is 53.0 Å². The molecule has 2 heterocycles. The Morgan fingerprint density at radius 1 is 1.14 bits per heavy atom. The molecule has 192 valence electrons. The number of anilines is 1. The van der Waals surface area contributed by atoms with Gasteiger partial charge in [-0.25, -0.2) is 9.07 Å². The van der Waals surface area contributed by atoms with E-state index in [1.54, 1.807) is 18.1 Å². The molecule has 7 nitrogen and oxygen atoms in total. The lowest BCUT2D eigenvalue weighted by molar-refractivity contribution is 0.0680. The number of rotatable bonds is 9. The van der Waals surface area contributed by atoms with Crippen molar-refractivity contribution in [1.29, 1.82) is 0 Å². The number of piperazine rings is 1. The fourth-order valence-corrected chi connectivity index (χ4v) is 4.97. The molecular formula is C27H33BrFN5O2. The predicted octanol–water partition coefficient (Wildman–Crippen LogP) is 4.51. The van der Waals surface area contributed by atoms with Crippen LogP contribution in [0.2, 0.25) is 0 Å². The molecule has 1 aromatic heterocycles. The van der Waals surface area contributed by atoms with Gasteiger partial charge in [0.2, 0.25) is 0 Å². The SMILES string of the molecule is CCN1CCN(c2c(CN(CCOC)C(=O)c3cccc(Br)c3)c(C)nn2-c2cccc(F)c2)CC1. The summed E-state index contributed by atoms with van der Waals surface area (Å²) in [6, 6.07) is 13.9. The number of halogens is 2. The van der Waals surface area contributed by atoms with E-state index >= 15 is 0 Å². The van der Waals surface area contributed by atoms with Crippen molar-refractivity contribution in [3.8, 4) is 5.69 Å². The van der Waals surface area contributed by atoms with Crippen molar-refractivity contribution in [1.82, 2.24) is 19.6 Å². The van der Waals surface area contributed by atoms with Crippen LogP contribution >= 0.6 is 15.9 Å². The van der Waals surface area contributed by atoms with Gasteiger partial charge >= 0.3 is 0 Å². The van der Waals surface area contributed by atoms with E-state index in [9.17, 15) is 9.18 Å². The molecule has 36 heavy (non-hydrogen) atoms. The van der Waals surface area contributed by atoms with Gasteiger partial charge in [0, 0.05) is 55.4 Å². The zero-order valence-electron chi connectivity index (χ0n) is 21.1. The highest BCUT2D eigenvalue weighted by Crippen LogP contribution is 2.30. The minimum atomic E-state index is -0.310. The van der Waals surface area contributed by atoms with Gasteiger partial charge in [-0.05, 0) is 49.9 Å². The first kappa shape index (κ1) is 26.3. The van der Waals surface area contributed by atoms with Crippen molar-refractivity contribution in [2.24, 2.45) is 0 Å². The van der Waals surface area contributed by atoms with Crippen molar-refractivity contribution < 1.29 is 13.9 Å². The van der Waals surface area contributed by atoms with Crippen LogP contribution in [0.25, 0.3) is 5.69 Å². The first-order valence-electron chi connectivity index (χ1n) is 12.3. The molecule has 2 aromatic carbocycles. The van der Waals surface area contributed by atoms with E-state index in [1.807, 2.05) is 41.9 Å². The highest BCUT2D eigenvalue weighted by Gasteiger charge is 2.28. The second-order valence-electron chi connectivity index (χ2n) is 8.93. The fourth-order valence-electron chi connectivity index (χ4n) is 4.57. The first-order chi connectivity index (χ1) is 17.4. The van der Waals surface area contributed by atoms with Gasteiger partial charge in [-0.15, -0.1) is 0 Å². The number of ether oxygens (including phenoxy) is 1. The Labute approximate surface area is 220 Å². The van der Waals surface area contributed by atoms with Crippen molar-refractivity contribution in [2.45, 2.75) is 20.4 Å². The summed E-state index contributed by atoms with van der Waals surface area (Å²) in [5.74, 6) is 0.529. The number of carbonyl (C=O) groups excluding carboxylic acids is 1. The van der Waals surface area contributed by atoms with Gasteiger partial charge in [0.25, 0.3) is 5.91 Å². The normalized spacial score (nSPS) is 14.3. The molecule has 3 aromatic rings. The van der Waals surface area contributed by atoms with Gasteiger partial charge < -0.3 is 19.4 Å². The van der Waals surface area contributed by atoms with E-state index in [0.29, 0.717) is 30.9 Å².